The van der Waals surface area contributed by atoms with Crippen LogP contribution in [0.5, 0.6) is 0 Å². The van der Waals surface area contributed by atoms with Crippen molar-refractivity contribution in [3.8, 4) is 0 Å². The number of H-pyrrole nitrogens is 1. The average Bonchev–Trinajstić information content (AvgIpc) is 3.06. The fraction of sp³-hybridized carbons (Fsp3) is 0.450. The molecule has 0 spiro atoms. The summed E-state index contributed by atoms with van der Waals surface area (Å²) < 4.78 is 1.61. The van der Waals surface area contributed by atoms with Gasteiger partial charge in [0.1, 0.15) is 0 Å². The first-order valence-electron chi connectivity index (χ1n) is 9.50. The number of hydrogen-bond acceptors (Lipinski definition) is 4. The van der Waals surface area contributed by atoms with E-state index in [4.69, 9.17) is 0 Å². The van der Waals surface area contributed by atoms with Gasteiger partial charge in [-0.1, -0.05) is 48.2 Å². The van der Waals surface area contributed by atoms with E-state index >= 15 is 0 Å². The number of amides is 1. The number of nitrogens with zero attached hydrogens (tertiary/aromatic N) is 3. The summed E-state index contributed by atoms with van der Waals surface area (Å²) in [6, 6.07) is 10.0. The number of aromatic amines is 1. The Hall–Kier alpha value is -2.28. The van der Waals surface area contributed by atoms with Crippen molar-refractivity contribution < 1.29 is 4.79 Å². The number of allylic oxidation sites excluding steroid dienone is 2. The van der Waals surface area contributed by atoms with Crippen LogP contribution in [0.2, 0.25) is 0 Å². The zero-order valence-corrected chi connectivity index (χ0v) is 16.5. The maximum Gasteiger partial charge on any atom is 0.343 e. The van der Waals surface area contributed by atoms with Gasteiger partial charge in [0, 0.05) is 18.8 Å². The minimum absolute atomic E-state index is 0.0701. The predicted octanol–water partition coefficient (Wildman–Crippen LogP) is 3.21. The summed E-state index contributed by atoms with van der Waals surface area (Å²) in [5, 5.41) is 7.17. The van der Waals surface area contributed by atoms with Crippen LogP contribution < -0.4 is 5.69 Å². The summed E-state index contributed by atoms with van der Waals surface area (Å²) in [7, 11) is 0. The molecule has 7 heteroatoms. The SMILES string of the molecule is CCN(C(=O)CSc1n[nH]c(=O)n1CCc1ccccc1)C1=CCCCC1. The van der Waals surface area contributed by atoms with Crippen molar-refractivity contribution in [3.63, 3.8) is 0 Å². The number of benzene rings is 1. The summed E-state index contributed by atoms with van der Waals surface area (Å²) >= 11 is 1.32. The Morgan fingerprint density at radius 2 is 2.11 bits per heavy atom. The lowest BCUT2D eigenvalue weighted by molar-refractivity contribution is -0.126. The first-order valence-corrected chi connectivity index (χ1v) is 10.5. The lowest BCUT2D eigenvalue weighted by atomic mass is 10.0. The second-order valence-corrected chi connectivity index (χ2v) is 7.51. The Kier molecular flexibility index (Phi) is 6.92. The van der Waals surface area contributed by atoms with E-state index in [2.05, 4.69) is 16.3 Å². The minimum atomic E-state index is -0.233. The molecule has 1 aromatic carbocycles. The van der Waals surface area contributed by atoms with Crippen LogP contribution in [0.1, 0.15) is 38.2 Å². The predicted molar refractivity (Wildman–Crippen MR) is 108 cm³/mol. The van der Waals surface area contributed by atoms with Crippen molar-refractivity contribution >= 4 is 17.7 Å². The quantitative estimate of drug-likeness (QED) is 0.707. The second-order valence-electron chi connectivity index (χ2n) is 6.57. The lowest BCUT2D eigenvalue weighted by Crippen LogP contribution is -2.32. The van der Waals surface area contributed by atoms with Gasteiger partial charge in [-0.15, -0.1) is 5.10 Å². The van der Waals surface area contributed by atoms with Gasteiger partial charge in [-0.05, 0) is 44.6 Å². The monoisotopic (exact) mass is 386 g/mol. The summed E-state index contributed by atoms with van der Waals surface area (Å²) in [6.07, 6.45) is 7.28. The Morgan fingerprint density at radius 1 is 1.30 bits per heavy atom. The first-order chi connectivity index (χ1) is 13.2. The van der Waals surface area contributed by atoms with Crippen LogP contribution in [0.15, 0.2) is 52.1 Å². The van der Waals surface area contributed by atoms with Gasteiger partial charge in [0.15, 0.2) is 5.16 Å². The second kappa shape index (κ2) is 9.60. The van der Waals surface area contributed by atoms with Crippen LogP contribution in [-0.2, 0) is 17.8 Å². The largest absolute Gasteiger partial charge is 0.343 e. The van der Waals surface area contributed by atoms with Crippen molar-refractivity contribution in [1.82, 2.24) is 19.7 Å². The van der Waals surface area contributed by atoms with Gasteiger partial charge in [0.05, 0.1) is 5.75 Å². The van der Waals surface area contributed by atoms with E-state index in [1.807, 2.05) is 42.2 Å². The summed E-state index contributed by atoms with van der Waals surface area (Å²) in [4.78, 5) is 26.6. The molecule has 0 fully saturated rings. The number of aromatic nitrogens is 3. The van der Waals surface area contributed by atoms with E-state index in [1.54, 1.807) is 4.57 Å². The van der Waals surface area contributed by atoms with Crippen molar-refractivity contribution in [2.45, 2.75) is 50.7 Å². The van der Waals surface area contributed by atoms with Crippen molar-refractivity contribution in [2.24, 2.45) is 0 Å². The highest BCUT2D eigenvalue weighted by Gasteiger charge is 2.19. The van der Waals surface area contributed by atoms with E-state index in [0.717, 1.165) is 31.4 Å². The van der Waals surface area contributed by atoms with E-state index in [-0.39, 0.29) is 17.3 Å². The van der Waals surface area contributed by atoms with Gasteiger partial charge >= 0.3 is 5.69 Å². The third-order valence-corrected chi connectivity index (χ3v) is 5.71. The van der Waals surface area contributed by atoms with Crippen molar-refractivity contribution in [1.29, 1.82) is 0 Å². The Labute approximate surface area is 163 Å². The molecule has 2 aromatic rings. The first kappa shape index (κ1) is 19.5. The van der Waals surface area contributed by atoms with Crippen LogP contribution in [0.3, 0.4) is 0 Å². The van der Waals surface area contributed by atoms with Crippen molar-refractivity contribution in [3.05, 3.63) is 58.2 Å². The number of carbonyl (C=O) groups excluding carboxylic acids is 1. The normalized spacial score (nSPS) is 14.0. The van der Waals surface area contributed by atoms with Crippen LogP contribution >= 0.6 is 11.8 Å². The van der Waals surface area contributed by atoms with E-state index in [0.29, 0.717) is 18.2 Å². The average molecular weight is 387 g/mol. The van der Waals surface area contributed by atoms with Crippen LogP contribution in [-0.4, -0.2) is 37.9 Å². The number of carbonyl (C=O) groups is 1. The molecule has 1 amide bonds. The number of nitrogens with one attached hydrogen (secondary N) is 1. The fourth-order valence-corrected chi connectivity index (χ4v) is 4.15. The molecule has 1 heterocycles. The molecule has 0 saturated heterocycles. The van der Waals surface area contributed by atoms with Gasteiger partial charge in [-0.25, -0.2) is 9.89 Å². The third kappa shape index (κ3) is 5.13. The molecular weight excluding hydrogens is 360 g/mol. The van der Waals surface area contributed by atoms with Gasteiger partial charge < -0.3 is 4.90 Å². The highest BCUT2D eigenvalue weighted by atomic mass is 32.2. The number of rotatable bonds is 8. The molecule has 0 saturated carbocycles. The maximum atomic E-state index is 12.7. The fourth-order valence-electron chi connectivity index (χ4n) is 3.31. The highest BCUT2D eigenvalue weighted by molar-refractivity contribution is 7.99. The molecule has 1 aromatic heterocycles. The Bertz CT molecular complexity index is 841. The van der Waals surface area contributed by atoms with E-state index < -0.39 is 0 Å². The van der Waals surface area contributed by atoms with Gasteiger partial charge in [0.2, 0.25) is 5.91 Å². The lowest BCUT2D eigenvalue weighted by Gasteiger charge is -2.26. The molecule has 144 valence electrons. The molecule has 0 bridgehead atoms. The smallest absolute Gasteiger partial charge is 0.316 e. The molecule has 3 rings (SSSR count). The molecule has 0 aliphatic heterocycles. The number of thioether (sulfide) groups is 1. The number of hydrogen-bond donors (Lipinski definition) is 1. The summed E-state index contributed by atoms with van der Waals surface area (Å²) in [5.41, 5.74) is 2.07. The molecule has 1 aliphatic carbocycles. The summed E-state index contributed by atoms with van der Waals surface area (Å²) in [6.45, 7) is 3.22. The van der Waals surface area contributed by atoms with Gasteiger partial charge in [-0.3, -0.25) is 9.36 Å². The standard InChI is InChI=1S/C20H26N4O2S/c1-2-23(17-11-7-4-8-12-17)18(25)15-27-20-22-21-19(26)24(20)14-13-16-9-5-3-6-10-16/h3,5-6,9-11H,2,4,7-8,12-15H2,1H3,(H,21,26). The summed E-state index contributed by atoms with van der Waals surface area (Å²) in [5.74, 6) is 0.349. The third-order valence-electron chi connectivity index (χ3n) is 4.75. The molecule has 6 nitrogen and oxygen atoms in total. The zero-order valence-electron chi connectivity index (χ0n) is 15.7. The molecule has 0 unspecified atom stereocenters. The minimum Gasteiger partial charge on any atom is -0.316 e. The Morgan fingerprint density at radius 3 is 2.81 bits per heavy atom. The van der Waals surface area contributed by atoms with Crippen LogP contribution in [0.4, 0.5) is 0 Å². The molecule has 0 atom stereocenters. The van der Waals surface area contributed by atoms with Crippen LogP contribution in [0.25, 0.3) is 0 Å². The maximum absolute atomic E-state index is 12.7. The molecule has 1 aliphatic rings. The topological polar surface area (TPSA) is 71.0 Å². The van der Waals surface area contributed by atoms with E-state index in [9.17, 15) is 9.59 Å². The highest BCUT2D eigenvalue weighted by Crippen LogP contribution is 2.22. The van der Waals surface area contributed by atoms with Crippen molar-refractivity contribution in [2.75, 3.05) is 12.3 Å². The molecule has 0 radical (unpaired) electrons. The molecule has 27 heavy (non-hydrogen) atoms. The molecular formula is C20H26N4O2S. The zero-order chi connectivity index (χ0) is 19.1. The van der Waals surface area contributed by atoms with Gasteiger partial charge in [-0.2, -0.15) is 0 Å². The molecule has 1 N–H and O–H groups in total. The van der Waals surface area contributed by atoms with Crippen LogP contribution in [0, 0.1) is 0 Å². The number of aryl methyl sites for hydroxylation is 1. The van der Waals surface area contributed by atoms with Gasteiger partial charge in [0.25, 0.3) is 0 Å². The Balaban J connectivity index is 1.61. The van der Waals surface area contributed by atoms with E-state index in [1.165, 1.54) is 23.7 Å².